The number of nitrogens with one attached hydrogen (secondary N) is 2. The third-order valence-electron chi connectivity index (χ3n) is 3.94. The van der Waals surface area contributed by atoms with Gasteiger partial charge in [-0.2, -0.15) is 0 Å². The van der Waals surface area contributed by atoms with Crippen LogP contribution in [0.15, 0.2) is 11.1 Å². The van der Waals surface area contributed by atoms with E-state index in [1.165, 1.54) is 6.33 Å². The topological polar surface area (TPSA) is 78.8 Å². The van der Waals surface area contributed by atoms with E-state index in [4.69, 9.17) is 0 Å². The van der Waals surface area contributed by atoms with Crippen molar-refractivity contribution >= 4 is 17.0 Å². The SMILES string of the molecule is CCn1c(=O)[nH]c2c(NC3CCN(C)CC3)ncnc21. The first-order valence-corrected chi connectivity index (χ1v) is 7.07. The summed E-state index contributed by atoms with van der Waals surface area (Å²) in [5, 5.41) is 3.45. The number of imidazole rings is 1. The molecule has 0 aliphatic carbocycles. The lowest BCUT2D eigenvalue weighted by Crippen LogP contribution is -2.36. The number of aromatic nitrogens is 4. The van der Waals surface area contributed by atoms with Gasteiger partial charge >= 0.3 is 5.69 Å². The summed E-state index contributed by atoms with van der Waals surface area (Å²) in [6.07, 6.45) is 3.68. The zero-order valence-electron chi connectivity index (χ0n) is 11.9. The normalized spacial score (nSPS) is 17.7. The Bertz CT molecular complexity index is 652. The minimum Gasteiger partial charge on any atom is -0.365 e. The maximum Gasteiger partial charge on any atom is 0.327 e. The first-order chi connectivity index (χ1) is 9.69. The fourth-order valence-electron chi connectivity index (χ4n) is 2.72. The molecule has 0 aromatic carbocycles. The summed E-state index contributed by atoms with van der Waals surface area (Å²) in [5.41, 5.74) is 1.25. The highest BCUT2D eigenvalue weighted by Crippen LogP contribution is 2.19. The van der Waals surface area contributed by atoms with Crippen LogP contribution < -0.4 is 11.0 Å². The maximum atomic E-state index is 11.9. The van der Waals surface area contributed by atoms with Crippen LogP contribution >= 0.6 is 0 Å². The predicted octanol–water partition coefficient (Wildman–Crippen LogP) is 0.646. The molecule has 1 aliphatic heterocycles. The summed E-state index contributed by atoms with van der Waals surface area (Å²) in [5.74, 6) is 0.730. The fraction of sp³-hybridized carbons (Fsp3) is 0.615. The Balaban J connectivity index is 1.90. The van der Waals surface area contributed by atoms with Crippen LogP contribution in [-0.4, -0.2) is 50.6 Å². The smallest absolute Gasteiger partial charge is 0.327 e. The number of piperidine rings is 1. The van der Waals surface area contributed by atoms with Crippen molar-refractivity contribution in [1.82, 2.24) is 24.4 Å². The number of aromatic amines is 1. The Morgan fingerprint density at radius 3 is 2.85 bits per heavy atom. The maximum absolute atomic E-state index is 11.9. The summed E-state index contributed by atoms with van der Waals surface area (Å²) in [7, 11) is 2.14. The number of anilines is 1. The van der Waals surface area contributed by atoms with Crippen LogP contribution in [0.25, 0.3) is 11.2 Å². The monoisotopic (exact) mass is 276 g/mol. The Kier molecular flexibility index (Phi) is 3.43. The van der Waals surface area contributed by atoms with Crippen molar-refractivity contribution in [3.8, 4) is 0 Å². The van der Waals surface area contributed by atoms with E-state index < -0.39 is 0 Å². The second-order valence-electron chi connectivity index (χ2n) is 5.32. The highest BCUT2D eigenvalue weighted by molar-refractivity contribution is 5.82. The number of nitrogens with zero attached hydrogens (tertiary/aromatic N) is 4. The highest BCUT2D eigenvalue weighted by Gasteiger charge is 2.19. The molecule has 7 heteroatoms. The summed E-state index contributed by atoms with van der Waals surface area (Å²) in [6, 6.07) is 0.401. The molecule has 2 N–H and O–H groups in total. The molecule has 2 aromatic rings. The molecule has 1 aliphatic rings. The van der Waals surface area contributed by atoms with Gasteiger partial charge in [0.05, 0.1) is 0 Å². The van der Waals surface area contributed by atoms with Gasteiger partial charge in [-0.05, 0) is 39.9 Å². The van der Waals surface area contributed by atoms with Crippen LogP contribution in [0.5, 0.6) is 0 Å². The Morgan fingerprint density at radius 1 is 1.40 bits per heavy atom. The van der Waals surface area contributed by atoms with E-state index in [1.807, 2.05) is 6.92 Å². The summed E-state index contributed by atoms with van der Waals surface area (Å²) >= 11 is 0. The minimum absolute atomic E-state index is 0.130. The van der Waals surface area contributed by atoms with Crippen LogP contribution in [0.2, 0.25) is 0 Å². The van der Waals surface area contributed by atoms with E-state index >= 15 is 0 Å². The zero-order chi connectivity index (χ0) is 14.1. The number of likely N-dealkylation sites (tertiary alicyclic amines) is 1. The van der Waals surface area contributed by atoms with Crippen molar-refractivity contribution in [2.24, 2.45) is 0 Å². The summed E-state index contributed by atoms with van der Waals surface area (Å²) < 4.78 is 1.62. The van der Waals surface area contributed by atoms with Crippen molar-refractivity contribution < 1.29 is 0 Å². The number of hydrogen-bond acceptors (Lipinski definition) is 5. The Hall–Kier alpha value is -1.89. The second-order valence-corrected chi connectivity index (χ2v) is 5.32. The van der Waals surface area contributed by atoms with Gasteiger partial charge < -0.3 is 15.2 Å². The molecule has 7 nitrogen and oxygen atoms in total. The average Bonchev–Trinajstić information content (AvgIpc) is 2.78. The third kappa shape index (κ3) is 2.29. The van der Waals surface area contributed by atoms with Gasteiger partial charge in [0.15, 0.2) is 11.5 Å². The predicted molar refractivity (Wildman–Crippen MR) is 78.0 cm³/mol. The lowest BCUT2D eigenvalue weighted by Gasteiger charge is -2.29. The van der Waals surface area contributed by atoms with Crippen LogP contribution in [0.1, 0.15) is 19.8 Å². The van der Waals surface area contributed by atoms with E-state index in [0.717, 1.165) is 31.7 Å². The van der Waals surface area contributed by atoms with Gasteiger partial charge in [0.1, 0.15) is 11.8 Å². The van der Waals surface area contributed by atoms with Crippen molar-refractivity contribution in [3.05, 3.63) is 16.8 Å². The number of H-pyrrole nitrogens is 1. The fourth-order valence-corrected chi connectivity index (χ4v) is 2.72. The van der Waals surface area contributed by atoms with Crippen molar-refractivity contribution in [1.29, 1.82) is 0 Å². The number of hydrogen-bond donors (Lipinski definition) is 2. The second kappa shape index (κ2) is 5.24. The summed E-state index contributed by atoms with van der Waals surface area (Å²) in [6.45, 7) is 4.70. The van der Waals surface area contributed by atoms with Crippen molar-refractivity contribution in [2.45, 2.75) is 32.4 Å². The lowest BCUT2D eigenvalue weighted by molar-refractivity contribution is 0.263. The Labute approximate surface area is 117 Å². The Morgan fingerprint density at radius 2 is 2.15 bits per heavy atom. The molecular formula is C13H20N6O. The van der Waals surface area contributed by atoms with Crippen molar-refractivity contribution in [3.63, 3.8) is 0 Å². The number of rotatable bonds is 3. The van der Waals surface area contributed by atoms with E-state index in [0.29, 0.717) is 23.8 Å². The van der Waals surface area contributed by atoms with Gasteiger partial charge in [0, 0.05) is 12.6 Å². The molecule has 0 saturated carbocycles. The molecular weight excluding hydrogens is 256 g/mol. The van der Waals surface area contributed by atoms with Crippen LogP contribution in [0, 0.1) is 0 Å². The van der Waals surface area contributed by atoms with Gasteiger partial charge in [0.2, 0.25) is 0 Å². The number of aryl methyl sites for hydroxylation is 1. The third-order valence-corrected chi connectivity index (χ3v) is 3.94. The lowest BCUT2D eigenvalue weighted by atomic mass is 10.1. The molecule has 108 valence electrons. The van der Waals surface area contributed by atoms with Gasteiger partial charge in [-0.1, -0.05) is 0 Å². The van der Waals surface area contributed by atoms with E-state index in [1.54, 1.807) is 4.57 Å². The molecule has 3 heterocycles. The van der Waals surface area contributed by atoms with Crippen molar-refractivity contribution in [2.75, 3.05) is 25.5 Å². The van der Waals surface area contributed by atoms with E-state index in [9.17, 15) is 4.79 Å². The number of fused-ring (bicyclic) bond motifs is 1. The quantitative estimate of drug-likeness (QED) is 0.860. The van der Waals surface area contributed by atoms with E-state index in [-0.39, 0.29) is 5.69 Å². The van der Waals surface area contributed by atoms with Gasteiger partial charge in [-0.25, -0.2) is 14.8 Å². The first-order valence-electron chi connectivity index (χ1n) is 7.07. The molecule has 0 atom stereocenters. The minimum atomic E-state index is -0.130. The first kappa shape index (κ1) is 13.1. The van der Waals surface area contributed by atoms with Crippen LogP contribution in [0.4, 0.5) is 5.82 Å². The van der Waals surface area contributed by atoms with Crippen LogP contribution in [-0.2, 0) is 6.54 Å². The van der Waals surface area contributed by atoms with Gasteiger partial charge in [-0.3, -0.25) is 4.57 Å². The average molecular weight is 276 g/mol. The molecule has 2 aromatic heterocycles. The molecule has 1 fully saturated rings. The summed E-state index contributed by atoms with van der Waals surface area (Å²) in [4.78, 5) is 25.5. The molecule has 0 amide bonds. The molecule has 0 spiro atoms. The standard InChI is InChI=1S/C13H20N6O/c1-3-19-12-10(17-13(19)20)11(14-8-15-12)16-9-4-6-18(2)7-5-9/h8-9H,3-7H2,1-2H3,(H,17,20)(H,14,15,16). The largest absolute Gasteiger partial charge is 0.365 e. The van der Waals surface area contributed by atoms with Gasteiger partial charge in [0.25, 0.3) is 0 Å². The molecule has 0 unspecified atom stereocenters. The molecule has 0 radical (unpaired) electrons. The van der Waals surface area contributed by atoms with Gasteiger partial charge in [-0.15, -0.1) is 0 Å². The van der Waals surface area contributed by atoms with Crippen LogP contribution in [0.3, 0.4) is 0 Å². The highest BCUT2D eigenvalue weighted by atomic mass is 16.1. The zero-order valence-corrected chi connectivity index (χ0v) is 11.9. The van der Waals surface area contributed by atoms with E-state index in [2.05, 4.69) is 32.2 Å². The molecule has 20 heavy (non-hydrogen) atoms. The molecule has 0 bridgehead atoms. The molecule has 3 rings (SSSR count). The molecule has 1 saturated heterocycles.